The Bertz CT molecular complexity index is 884. The number of amides is 1. The van der Waals surface area contributed by atoms with Gasteiger partial charge in [-0.2, -0.15) is 4.31 Å². The number of sulfonamides is 1. The van der Waals surface area contributed by atoms with Gasteiger partial charge >= 0.3 is 0 Å². The van der Waals surface area contributed by atoms with Crippen LogP contribution in [0.4, 0.5) is 5.69 Å². The van der Waals surface area contributed by atoms with Crippen LogP contribution in [0.25, 0.3) is 0 Å². The fourth-order valence-corrected chi connectivity index (χ4v) is 4.16. The lowest BCUT2D eigenvalue weighted by Crippen LogP contribution is -2.38. The molecule has 0 spiro atoms. The number of halogens is 2. The first-order valence-electron chi connectivity index (χ1n) is 8.05. The molecule has 1 amide bonds. The van der Waals surface area contributed by atoms with E-state index < -0.39 is 15.9 Å². The number of nitrogens with zero attached hydrogens (tertiary/aromatic N) is 1. The number of aryl methyl sites for hydroxylation is 1. The molecule has 0 aliphatic rings. The molecule has 0 saturated heterocycles. The van der Waals surface area contributed by atoms with Crippen molar-refractivity contribution in [1.29, 1.82) is 0 Å². The molecule has 0 aliphatic heterocycles. The zero-order valence-electron chi connectivity index (χ0n) is 14.5. The molecule has 2 aromatic carbocycles. The molecule has 8 heteroatoms. The monoisotopic (exact) mass is 414 g/mol. The molecule has 1 N–H and O–H groups in total. The fourth-order valence-electron chi connectivity index (χ4n) is 2.34. The molecule has 2 rings (SSSR count). The van der Waals surface area contributed by atoms with Gasteiger partial charge in [-0.05, 0) is 43.7 Å². The van der Waals surface area contributed by atoms with Gasteiger partial charge in [0.05, 0.1) is 22.2 Å². The van der Waals surface area contributed by atoms with Crippen LogP contribution in [-0.4, -0.2) is 31.7 Å². The second-order valence-electron chi connectivity index (χ2n) is 5.82. The van der Waals surface area contributed by atoms with Gasteiger partial charge in [0.2, 0.25) is 15.9 Å². The Morgan fingerprint density at radius 1 is 1.12 bits per heavy atom. The van der Waals surface area contributed by atoms with Gasteiger partial charge in [-0.15, -0.1) is 0 Å². The van der Waals surface area contributed by atoms with Crippen LogP contribution in [0.2, 0.25) is 10.0 Å². The van der Waals surface area contributed by atoms with E-state index >= 15 is 0 Å². The molecular weight excluding hydrogens is 395 g/mol. The zero-order valence-corrected chi connectivity index (χ0v) is 16.8. The van der Waals surface area contributed by atoms with Crippen molar-refractivity contribution in [2.75, 3.05) is 18.4 Å². The van der Waals surface area contributed by atoms with E-state index in [2.05, 4.69) is 5.32 Å². The Morgan fingerprint density at radius 3 is 2.38 bits per heavy atom. The maximum absolute atomic E-state index is 12.8. The second kappa shape index (κ2) is 8.86. The minimum atomic E-state index is -3.77. The molecule has 0 saturated carbocycles. The van der Waals surface area contributed by atoms with Crippen LogP contribution in [0.3, 0.4) is 0 Å². The first kappa shape index (κ1) is 20.7. The average molecular weight is 415 g/mol. The molecule has 0 aromatic heterocycles. The summed E-state index contributed by atoms with van der Waals surface area (Å²) in [4.78, 5) is 12.5. The highest BCUT2D eigenvalue weighted by Crippen LogP contribution is 2.25. The Kier molecular flexibility index (Phi) is 7.06. The third-order valence-corrected chi connectivity index (χ3v) is 6.08. The summed E-state index contributed by atoms with van der Waals surface area (Å²) in [5.74, 6) is -0.488. The minimum Gasteiger partial charge on any atom is -0.324 e. The lowest BCUT2D eigenvalue weighted by molar-refractivity contribution is -0.116. The summed E-state index contributed by atoms with van der Waals surface area (Å²) >= 11 is 11.9. The number of nitrogens with one attached hydrogen (secondary N) is 1. The summed E-state index contributed by atoms with van der Waals surface area (Å²) in [6.45, 7) is 3.64. The molecule has 0 radical (unpaired) electrons. The quantitative estimate of drug-likeness (QED) is 0.732. The summed E-state index contributed by atoms with van der Waals surface area (Å²) in [5.41, 5.74) is 1.30. The van der Waals surface area contributed by atoms with Crippen molar-refractivity contribution in [2.24, 2.45) is 0 Å². The van der Waals surface area contributed by atoms with Crippen LogP contribution in [0.1, 0.15) is 18.9 Å². The Morgan fingerprint density at radius 2 is 1.77 bits per heavy atom. The smallest absolute Gasteiger partial charge is 0.243 e. The number of carbonyl (C=O) groups is 1. The van der Waals surface area contributed by atoms with E-state index in [4.69, 9.17) is 23.2 Å². The maximum Gasteiger partial charge on any atom is 0.243 e. The molecule has 2 aromatic rings. The lowest BCUT2D eigenvalue weighted by atomic mass is 10.2. The van der Waals surface area contributed by atoms with E-state index in [1.165, 1.54) is 6.07 Å². The van der Waals surface area contributed by atoms with Crippen LogP contribution >= 0.6 is 23.2 Å². The van der Waals surface area contributed by atoms with Crippen molar-refractivity contribution in [3.05, 3.63) is 58.1 Å². The van der Waals surface area contributed by atoms with Gasteiger partial charge in [-0.1, -0.05) is 47.8 Å². The largest absolute Gasteiger partial charge is 0.324 e. The molecular formula is C18H20Cl2N2O3S. The molecule has 5 nitrogen and oxygen atoms in total. The van der Waals surface area contributed by atoms with Crippen molar-refractivity contribution in [1.82, 2.24) is 4.31 Å². The van der Waals surface area contributed by atoms with E-state index in [-0.39, 0.29) is 18.0 Å². The normalized spacial score (nSPS) is 11.6. The summed E-state index contributed by atoms with van der Waals surface area (Å²) in [7, 11) is -3.77. The van der Waals surface area contributed by atoms with E-state index in [0.717, 1.165) is 9.87 Å². The van der Waals surface area contributed by atoms with Crippen LogP contribution in [0.5, 0.6) is 0 Å². The van der Waals surface area contributed by atoms with E-state index in [0.29, 0.717) is 22.2 Å². The number of rotatable bonds is 7. The average Bonchev–Trinajstić information content (AvgIpc) is 2.58. The molecule has 0 bridgehead atoms. The fraction of sp³-hybridized carbons (Fsp3) is 0.278. The van der Waals surface area contributed by atoms with E-state index in [1.54, 1.807) is 36.4 Å². The van der Waals surface area contributed by atoms with Gasteiger partial charge in [0.25, 0.3) is 0 Å². The van der Waals surface area contributed by atoms with E-state index in [1.807, 2.05) is 13.8 Å². The maximum atomic E-state index is 12.8. The number of hydrogen-bond acceptors (Lipinski definition) is 3. The summed E-state index contributed by atoms with van der Waals surface area (Å²) in [5, 5.41) is 3.36. The Balaban J connectivity index is 2.20. The molecule has 0 fully saturated rings. The van der Waals surface area contributed by atoms with Crippen molar-refractivity contribution in [3.63, 3.8) is 0 Å². The standard InChI is InChI=1S/C18H20Cl2N2O3S/c1-3-10-22(26(24,25)15-7-4-13(2)5-8-15)12-18(23)21-17-11-14(19)6-9-16(17)20/h4-9,11H,3,10,12H2,1-2H3,(H,21,23). The highest BCUT2D eigenvalue weighted by atomic mass is 35.5. The predicted octanol–water partition coefficient (Wildman–Crippen LogP) is 4.34. The van der Waals surface area contributed by atoms with Crippen LogP contribution < -0.4 is 5.32 Å². The molecule has 26 heavy (non-hydrogen) atoms. The lowest BCUT2D eigenvalue weighted by Gasteiger charge is -2.21. The highest BCUT2D eigenvalue weighted by molar-refractivity contribution is 7.89. The van der Waals surface area contributed by atoms with Gasteiger partial charge < -0.3 is 5.32 Å². The Hall–Kier alpha value is -1.60. The SMILES string of the molecule is CCCN(CC(=O)Nc1cc(Cl)ccc1Cl)S(=O)(=O)c1ccc(C)cc1. The molecule has 0 unspecified atom stereocenters. The number of anilines is 1. The van der Waals surface area contributed by atoms with E-state index in [9.17, 15) is 13.2 Å². The molecule has 0 heterocycles. The van der Waals surface area contributed by atoms with Crippen molar-refractivity contribution >= 4 is 44.8 Å². The number of benzene rings is 2. The van der Waals surface area contributed by atoms with Crippen molar-refractivity contribution in [2.45, 2.75) is 25.2 Å². The summed E-state index contributed by atoms with van der Waals surface area (Å²) in [6.07, 6.45) is 0.580. The van der Waals surface area contributed by atoms with Gasteiger partial charge in [0.15, 0.2) is 0 Å². The molecule has 0 atom stereocenters. The molecule has 140 valence electrons. The van der Waals surface area contributed by atoms with Crippen molar-refractivity contribution in [3.8, 4) is 0 Å². The first-order chi connectivity index (χ1) is 12.2. The third-order valence-electron chi connectivity index (χ3n) is 3.65. The minimum absolute atomic E-state index is 0.158. The van der Waals surface area contributed by atoms with Crippen LogP contribution in [0, 0.1) is 6.92 Å². The summed E-state index contributed by atoms with van der Waals surface area (Å²) in [6, 6.07) is 11.2. The highest BCUT2D eigenvalue weighted by Gasteiger charge is 2.26. The second-order valence-corrected chi connectivity index (χ2v) is 8.61. The van der Waals surface area contributed by atoms with Crippen molar-refractivity contribution < 1.29 is 13.2 Å². The Labute approximate surface area is 164 Å². The van der Waals surface area contributed by atoms with Gasteiger partial charge in [-0.25, -0.2) is 8.42 Å². The summed E-state index contributed by atoms with van der Waals surface area (Å²) < 4.78 is 26.8. The van der Waals surface area contributed by atoms with Gasteiger partial charge in [0, 0.05) is 11.6 Å². The zero-order chi connectivity index (χ0) is 19.3. The number of carbonyl (C=O) groups excluding carboxylic acids is 1. The number of hydrogen-bond donors (Lipinski definition) is 1. The predicted molar refractivity (Wildman–Crippen MR) is 105 cm³/mol. The first-order valence-corrected chi connectivity index (χ1v) is 10.3. The van der Waals surface area contributed by atoms with Crippen LogP contribution in [-0.2, 0) is 14.8 Å². The van der Waals surface area contributed by atoms with Gasteiger partial charge in [0.1, 0.15) is 0 Å². The van der Waals surface area contributed by atoms with Gasteiger partial charge in [-0.3, -0.25) is 4.79 Å². The molecule has 0 aliphatic carbocycles. The van der Waals surface area contributed by atoms with Crippen LogP contribution in [0.15, 0.2) is 47.4 Å². The third kappa shape index (κ3) is 5.20. The topological polar surface area (TPSA) is 66.5 Å².